The van der Waals surface area contributed by atoms with Gasteiger partial charge >= 0.3 is 5.69 Å². The zero-order chi connectivity index (χ0) is 17.0. The van der Waals surface area contributed by atoms with Crippen LogP contribution in [0, 0.1) is 0 Å². The molecule has 0 bridgehead atoms. The van der Waals surface area contributed by atoms with Crippen LogP contribution in [0.5, 0.6) is 0 Å². The molecule has 0 radical (unpaired) electrons. The van der Waals surface area contributed by atoms with Crippen molar-refractivity contribution < 1.29 is 9.15 Å². The molecule has 0 spiro atoms. The molecule has 6 nitrogen and oxygen atoms in total. The van der Waals surface area contributed by atoms with Gasteiger partial charge in [-0.1, -0.05) is 30.3 Å². The number of ether oxygens (including phenoxy) is 1. The number of hydrogen-bond donors (Lipinski definition) is 0. The summed E-state index contributed by atoms with van der Waals surface area (Å²) in [6.07, 6.45) is 3.34. The number of benzene rings is 1. The quantitative estimate of drug-likeness (QED) is 0.687. The predicted molar refractivity (Wildman–Crippen MR) is 90.9 cm³/mol. The summed E-state index contributed by atoms with van der Waals surface area (Å²) in [5.74, 6) is 0.534. The molecule has 4 rings (SSSR count). The Morgan fingerprint density at radius 1 is 1.08 bits per heavy atom. The Bertz CT molecular complexity index is 1110. The number of fused-ring (bicyclic) bond motifs is 4. The van der Waals surface area contributed by atoms with Crippen molar-refractivity contribution in [1.29, 1.82) is 0 Å². The zero-order valence-corrected chi connectivity index (χ0v) is 13.6. The summed E-state index contributed by atoms with van der Waals surface area (Å²) in [6.45, 7) is 0. The molecule has 0 amide bonds. The molecule has 24 heavy (non-hydrogen) atoms. The zero-order valence-electron chi connectivity index (χ0n) is 13.6. The Kier molecular flexibility index (Phi) is 3.11. The Hall–Kier alpha value is -2.86. The predicted octanol–water partition coefficient (Wildman–Crippen LogP) is 2.05. The maximum atomic E-state index is 12.6. The monoisotopic (exact) mass is 324 g/mol. The van der Waals surface area contributed by atoms with Gasteiger partial charge in [0.2, 0.25) is 5.71 Å². The van der Waals surface area contributed by atoms with Crippen LogP contribution in [-0.4, -0.2) is 16.2 Å². The van der Waals surface area contributed by atoms with Gasteiger partial charge < -0.3 is 9.15 Å². The summed E-state index contributed by atoms with van der Waals surface area (Å²) < 4.78 is 14.0. The van der Waals surface area contributed by atoms with Crippen molar-refractivity contribution in [3.05, 3.63) is 67.6 Å². The minimum absolute atomic E-state index is 0.263. The molecule has 6 heteroatoms. The fourth-order valence-electron chi connectivity index (χ4n) is 3.27. The van der Waals surface area contributed by atoms with Gasteiger partial charge in [0.05, 0.1) is 0 Å². The summed E-state index contributed by atoms with van der Waals surface area (Å²) >= 11 is 0. The first-order valence-electron chi connectivity index (χ1n) is 7.56. The van der Waals surface area contributed by atoms with E-state index in [0.717, 1.165) is 15.7 Å². The van der Waals surface area contributed by atoms with Crippen LogP contribution in [0.2, 0.25) is 0 Å². The molecule has 0 fully saturated rings. The van der Waals surface area contributed by atoms with Crippen LogP contribution in [0.1, 0.15) is 28.6 Å². The third-order valence-electron chi connectivity index (χ3n) is 4.53. The average molecular weight is 324 g/mol. The number of hydrogen-bond acceptors (Lipinski definition) is 4. The first-order chi connectivity index (χ1) is 11.5. The highest BCUT2D eigenvalue weighted by molar-refractivity contribution is 5.91. The van der Waals surface area contributed by atoms with E-state index in [1.54, 1.807) is 14.2 Å². The lowest BCUT2D eigenvalue weighted by Crippen LogP contribution is -2.36. The van der Waals surface area contributed by atoms with Crippen LogP contribution in [0.4, 0.5) is 0 Å². The summed E-state index contributed by atoms with van der Waals surface area (Å²) in [5.41, 5.74) is 2.09. The Morgan fingerprint density at radius 3 is 2.58 bits per heavy atom. The van der Waals surface area contributed by atoms with E-state index in [2.05, 4.69) is 0 Å². The maximum Gasteiger partial charge on any atom is 0.333 e. The molecule has 1 unspecified atom stereocenters. The van der Waals surface area contributed by atoms with Gasteiger partial charge in [0.1, 0.15) is 17.3 Å². The van der Waals surface area contributed by atoms with E-state index >= 15 is 0 Å². The fraction of sp³-hybridized carbons (Fsp3) is 0.222. The molecule has 3 aromatic rings. The van der Waals surface area contributed by atoms with Gasteiger partial charge in [0.25, 0.3) is 5.56 Å². The lowest BCUT2D eigenvalue weighted by atomic mass is 10.0. The summed E-state index contributed by atoms with van der Waals surface area (Å²) in [4.78, 5) is 24.8. The summed E-state index contributed by atoms with van der Waals surface area (Å²) in [7, 11) is 4.65. The molecule has 1 atom stereocenters. The van der Waals surface area contributed by atoms with E-state index in [-0.39, 0.29) is 11.3 Å². The first-order valence-corrected chi connectivity index (χ1v) is 7.56. The SMILES string of the molecule is COC1c2ccccc2C=Cc2c1oc1c2c(=O)n(C)c(=O)n1C. The summed E-state index contributed by atoms with van der Waals surface area (Å²) in [5, 5.41) is 0.390. The van der Waals surface area contributed by atoms with Crippen molar-refractivity contribution in [2.75, 3.05) is 7.11 Å². The molecule has 1 aliphatic carbocycles. The van der Waals surface area contributed by atoms with E-state index in [4.69, 9.17) is 9.15 Å². The van der Waals surface area contributed by atoms with Crippen molar-refractivity contribution >= 4 is 23.3 Å². The van der Waals surface area contributed by atoms with Crippen molar-refractivity contribution in [3.63, 3.8) is 0 Å². The topological polar surface area (TPSA) is 66.4 Å². The van der Waals surface area contributed by atoms with Gasteiger partial charge in [-0.3, -0.25) is 13.9 Å². The smallest absolute Gasteiger partial charge is 0.333 e. The largest absolute Gasteiger partial charge is 0.440 e. The van der Waals surface area contributed by atoms with Crippen molar-refractivity contribution in [1.82, 2.24) is 9.13 Å². The maximum absolute atomic E-state index is 12.6. The van der Waals surface area contributed by atoms with Crippen LogP contribution in [0.3, 0.4) is 0 Å². The number of aromatic nitrogens is 2. The summed E-state index contributed by atoms with van der Waals surface area (Å²) in [6, 6.07) is 7.83. The third-order valence-corrected chi connectivity index (χ3v) is 4.53. The number of methoxy groups -OCH3 is 1. The highest BCUT2D eigenvalue weighted by atomic mass is 16.5. The van der Waals surface area contributed by atoms with Gasteiger partial charge in [0, 0.05) is 26.8 Å². The van der Waals surface area contributed by atoms with Gasteiger partial charge in [0.15, 0.2) is 0 Å². The van der Waals surface area contributed by atoms with E-state index in [0.29, 0.717) is 16.7 Å². The molecule has 122 valence electrons. The van der Waals surface area contributed by atoms with Gasteiger partial charge in [-0.05, 0) is 17.2 Å². The van der Waals surface area contributed by atoms with Crippen LogP contribution >= 0.6 is 0 Å². The molecular formula is C18H16N2O4. The molecule has 0 saturated heterocycles. The van der Waals surface area contributed by atoms with Gasteiger partial charge in [-0.15, -0.1) is 0 Å². The third kappa shape index (κ3) is 1.80. The van der Waals surface area contributed by atoms with E-state index in [1.807, 2.05) is 36.4 Å². The van der Waals surface area contributed by atoms with E-state index in [9.17, 15) is 9.59 Å². The van der Waals surface area contributed by atoms with Crippen LogP contribution in [-0.2, 0) is 18.8 Å². The van der Waals surface area contributed by atoms with Gasteiger partial charge in [-0.25, -0.2) is 4.79 Å². The van der Waals surface area contributed by atoms with Crippen LogP contribution < -0.4 is 11.2 Å². The Balaban J connectivity index is 2.16. The van der Waals surface area contributed by atoms with E-state index < -0.39 is 11.8 Å². The Morgan fingerprint density at radius 2 is 1.83 bits per heavy atom. The number of rotatable bonds is 1. The lowest BCUT2D eigenvalue weighted by molar-refractivity contribution is 0.117. The van der Waals surface area contributed by atoms with Crippen LogP contribution in [0.25, 0.3) is 23.3 Å². The molecule has 0 aliphatic heterocycles. The van der Waals surface area contributed by atoms with Crippen molar-refractivity contribution in [2.45, 2.75) is 6.10 Å². The Labute approximate surface area is 137 Å². The number of aryl methyl sites for hydroxylation is 1. The number of furan rings is 1. The minimum atomic E-state index is -0.446. The fourth-order valence-corrected chi connectivity index (χ4v) is 3.27. The average Bonchev–Trinajstić information content (AvgIpc) is 2.90. The van der Waals surface area contributed by atoms with E-state index in [1.165, 1.54) is 11.6 Å². The van der Waals surface area contributed by atoms with Crippen LogP contribution in [0.15, 0.2) is 38.3 Å². The standard InChI is InChI=1S/C18H16N2O4/c1-19-16(21)13-12-9-8-10-6-4-5-7-11(10)14(23-3)15(12)24-17(13)20(2)18(19)22/h4-9,14H,1-3H3. The van der Waals surface area contributed by atoms with Gasteiger partial charge in [-0.2, -0.15) is 0 Å². The molecule has 2 heterocycles. The molecule has 1 aliphatic rings. The van der Waals surface area contributed by atoms with Crippen molar-refractivity contribution in [3.8, 4) is 0 Å². The molecule has 1 aromatic carbocycles. The minimum Gasteiger partial charge on any atom is -0.440 e. The molecule has 0 saturated carbocycles. The molecule has 0 N–H and O–H groups in total. The highest BCUT2D eigenvalue weighted by Gasteiger charge is 2.29. The lowest BCUT2D eigenvalue weighted by Gasteiger charge is -2.15. The second-order valence-corrected chi connectivity index (χ2v) is 5.84. The highest BCUT2D eigenvalue weighted by Crippen LogP contribution is 2.38. The second kappa shape index (κ2) is 5.07. The first kappa shape index (κ1) is 14.7. The molecule has 2 aromatic heterocycles. The van der Waals surface area contributed by atoms with Crippen molar-refractivity contribution in [2.24, 2.45) is 14.1 Å². The number of nitrogens with zero attached hydrogens (tertiary/aromatic N) is 2. The second-order valence-electron chi connectivity index (χ2n) is 5.84. The molecular weight excluding hydrogens is 308 g/mol. The normalized spacial score (nSPS) is 16.0.